The summed E-state index contributed by atoms with van der Waals surface area (Å²) < 4.78 is 1.64. The van der Waals surface area contributed by atoms with Crippen molar-refractivity contribution in [2.75, 3.05) is 0 Å². The average molecular weight is 257 g/mol. The van der Waals surface area contributed by atoms with Gasteiger partial charge in [-0.1, -0.05) is 30.3 Å². The lowest BCUT2D eigenvalue weighted by atomic mass is 10.0. The molecule has 0 aliphatic carbocycles. The highest BCUT2D eigenvalue weighted by Gasteiger charge is 2.17. The van der Waals surface area contributed by atoms with E-state index in [0.29, 0.717) is 16.8 Å². The van der Waals surface area contributed by atoms with Crippen LogP contribution < -0.4 is 0 Å². The molecule has 0 fully saturated rings. The second-order valence-electron chi connectivity index (χ2n) is 4.46. The van der Waals surface area contributed by atoms with E-state index in [1.165, 1.54) is 0 Å². The number of aliphatic carboxylic acids is 1. The van der Waals surface area contributed by atoms with E-state index in [1.807, 2.05) is 18.2 Å². The van der Waals surface area contributed by atoms with Crippen molar-refractivity contribution in [1.29, 1.82) is 0 Å². The molecule has 0 aliphatic heterocycles. The lowest BCUT2D eigenvalue weighted by Gasteiger charge is -2.06. The molecule has 0 saturated carbocycles. The van der Waals surface area contributed by atoms with Crippen LogP contribution in [-0.2, 0) is 11.3 Å². The number of carboxylic acids is 1. The summed E-state index contributed by atoms with van der Waals surface area (Å²) >= 11 is 0. The topological polar surface area (TPSA) is 59.3 Å². The number of carbonyl (C=O) groups excluding carboxylic acids is 1. The van der Waals surface area contributed by atoms with Gasteiger partial charge in [-0.15, -0.1) is 0 Å². The number of nitrogens with zero attached hydrogens (tertiary/aromatic N) is 1. The number of carbonyl (C=O) groups is 2. The zero-order chi connectivity index (χ0) is 14.0. The minimum Gasteiger partial charge on any atom is -0.480 e. The normalized spacial score (nSPS) is 10.4. The van der Waals surface area contributed by atoms with Gasteiger partial charge in [0, 0.05) is 22.5 Å². The first kappa shape index (κ1) is 13.1. The van der Waals surface area contributed by atoms with E-state index in [0.717, 1.165) is 5.69 Å². The molecule has 0 amide bonds. The standard InChI is InChI=1S/C15H15NO3/c1-10-8-13(11(2)16(10)9-14(17)18)15(19)12-6-4-3-5-7-12/h3-8H,9H2,1-2H3,(H,17,18). The SMILES string of the molecule is Cc1cc(C(=O)c2ccccc2)c(C)n1CC(=O)O. The fourth-order valence-corrected chi connectivity index (χ4v) is 2.15. The predicted molar refractivity (Wildman–Crippen MR) is 71.4 cm³/mol. The molecule has 4 heteroatoms. The molecule has 0 spiro atoms. The van der Waals surface area contributed by atoms with Crippen molar-refractivity contribution in [3.8, 4) is 0 Å². The molecule has 4 nitrogen and oxygen atoms in total. The fourth-order valence-electron chi connectivity index (χ4n) is 2.15. The van der Waals surface area contributed by atoms with Gasteiger partial charge in [0.2, 0.25) is 0 Å². The van der Waals surface area contributed by atoms with Crippen molar-refractivity contribution < 1.29 is 14.7 Å². The molecule has 1 aromatic carbocycles. The van der Waals surface area contributed by atoms with Crippen LogP contribution in [0.25, 0.3) is 0 Å². The van der Waals surface area contributed by atoms with Crippen LogP contribution in [0.4, 0.5) is 0 Å². The summed E-state index contributed by atoms with van der Waals surface area (Å²) in [6, 6.07) is 10.7. The Morgan fingerprint density at radius 3 is 2.37 bits per heavy atom. The number of hydrogen-bond donors (Lipinski definition) is 1. The van der Waals surface area contributed by atoms with Gasteiger partial charge in [-0.25, -0.2) is 0 Å². The number of aromatic nitrogens is 1. The number of hydrogen-bond acceptors (Lipinski definition) is 2. The summed E-state index contributed by atoms with van der Waals surface area (Å²) in [5, 5.41) is 8.87. The van der Waals surface area contributed by atoms with Gasteiger partial charge in [0.1, 0.15) is 6.54 Å². The van der Waals surface area contributed by atoms with Crippen LogP contribution in [0.2, 0.25) is 0 Å². The number of rotatable bonds is 4. The third-order valence-corrected chi connectivity index (χ3v) is 3.15. The van der Waals surface area contributed by atoms with E-state index in [2.05, 4.69) is 0 Å². The predicted octanol–water partition coefficient (Wildman–Crippen LogP) is 2.42. The van der Waals surface area contributed by atoms with Crippen LogP contribution in [-0.4, -0.2) is 21.4 Å². The zero-order valence-corrected chi connectivity index (χ0v) is 10.9. The first-order chi connectivity index (χ1) is 9.00. The van der Waals surface area contributed by atoms with Crippen molar-refractivity contribution in [2.45, 2.75) is 20.4 Å². The summed E-state index contributed by atoms with van der Waals surface area (Å²) in [6.07, 6.45) is 0. The van der Waals surface area contributed by atoms with Crippen molar-refractivity contribution >= 4 is 11.8 Å². The van der Waals surface area contributed by atoms with Gasteiger partial charge in [0.25, 0.3) is 0 Å². The Morgan fingerprint density at radius 2 is 1.79 bits per heavy atom. The smallest absolute Gasteiger partial charge is 0.323 e. The van der Waals surface area contributed by atoms with Gasteiger partial charge in [-0.05, 0) is 19.9 Å². The van der Waals surface area contributed by atoms with Gasteiger partial charge < -0.3 is 9.67 Å². The van der Waals surface area contributed by atoms with Crippen LogP contribution >= 0.6 is 0 Å². The molecular weight excluding hydrogens is 242 g/mol. The molecule has 1 aromatic heterocycles. The highest BCUT2D eigenvalue weighted by molar-refractivity contribution is 6.09. The van der Waals surface area contributed by atoms with Crippen molar-refractivity contribution in [2.24, 2.45) is 0 Å². The molecule has 0 aliphatic rings. The maximum absolute atomic E-state index is 12.4. The summed E-state index contributed by atoms with van der Waals surface area (Å²) in [5.74, 6) is -0.995. The van der Waals surface area contributed by atoms with Gasteiger partial charge in [0.15, 0.2) is 5.78 Å². The first-order valence-electron chi connectivity index (χ1n) is 5.99. The Bertz CT molecular complexity index is 626. The van der Waals surface area contributed by atoms with Crippen LogP contribution in [0.5, 0.6) is 0 Å². The molecule has 0 saturated heterocycles. The maximum atomic E-state index is 12.4. The van der Waals surface area contributed by atoms with Gasteiger partial charge in [-0.3, -0.25) is 9.59 Å². The molecule has 2 rings (SSSR count). The van der Waals surface area contributed by atoms with Crippen LogP contribution in [0.1, 0.15) is 27.3 Å². The zero-order valence-electron chi connectivity index (χ0n) is 10.9. The largest absolute Gasteiger partial charge is 0.480 e. The molecule has 1 N–H and O–H groups in total. The van der Waals surface area contributed by atoms with E-state index >= 15 is 0 Å². The summed E-state index contributed by atoms with van der Waals surface area (Å²) in [5.41, 5.74) is 2.64. The van der Waals surface area contributed by atoms with Crippen LogP contribution in [0, 0.1) is 13.8 Å². The van der Waals surface area contributed by atoms with Gasteiger partial charge >= 0.3 is 5.97 Å². The highest BCUT2D eigenvalue weighted by atomic mass is 16.4. The third-order valence-electron chi connectivity index (χ3n) is 3.15. The van der Waals surface area contributed by atoms with E-state index < -0.39 is 5.97 Å². The number of carboxylic acid groups (broad SMARTS) is 1. The molecule has 19 heavy (non-hydrogen) atoms. The molecule has 0 atom stereocenters. The summed E-state index contributed by atoms with van der Waals surface area (Å²) in [4.78, 5) is 23.2. The Morgan fingerprint density at radius 1 is 1.16 bits per heavy atom. The van der Waals surface area contributed by atoms with E-state index in [1.54, 1.807) is 36.6 Å². The Kier molecular flexibility index (Phi) is 3.51. The van der Waals surface area contributed by atoms with Crippen LogP contribution in [0.15, 0.2) is 36.4 Å². The first-order valence-corrected chi connectivity index (χ1v) is 5.99. The minimum absolute atomic E-state index is 0.0784. The third kappa shape index (κ3) is 2.57. The van der Waals surface area contributed by atoms with Crippen molar-refractivity contribution in [3.63, 3.8) is 0 Å². The van der Waals surface area contributed by atoms with Crippen molar-refractivity contribution in [3.05, 3.63) is 58.9 Å². The lowest BCUT2D eigenvalue weighted by Crippen LogP contribution is -2.12. The van der Waals surface area contributed by atoms with E-state index in [4.69, 9.17) is 5.11 Å². The molecule has 0 radical (unpaired) electrons. The number of ketones is 1. The monoisotopic (exact) mass is 257 g/mol. The second kappa shape index (κ2) is 5.10. The second-order valence-corrected chi connectivity index (χ2v) is 4.46. The van der Waals surface area contributed by atoms with E-state index in [9.17, 15) is 9.59 Å². The maximum Gasteiger partial charge on any atom is 0.323 e. The molecule has 1 heterocycles. The van der Waals surface area contributed by atoms with Gasteiger partial charge in [0.05, 0.1) is 0 Å². The Hall–Kier alpha value is -2.36. The molecule has 0 bridgehead atoms. The average Bonchev–Trinajstić information content (AvgIpc) is 2.66. The van der Waals surface area contributed by atoms with Crippen molar-refractivity contribution in [1.82, 2.24) is 4.57 Å². The summed E-state index contributed by atoms with van der Waals surface area (Å²) in [7, 11) is 0. The Balaban J connectivity index is 2.42. The Labute approximate surface area is 111 Å². The highest BCUT2D eigenvalue weighted by Crippen LogP contribution is 2.18. The quantitative estimate of drug-likeness (QED) is 0.856. The molecule has 0 unspecified atom stereocenters. The fraction of sp³-hybridized carbons (Fsp3) is 0.200. The summed E-state index contributed by atoms with van der Waals surface area (Å²) in [6.45, 7) is 3.45. The molecular formula is C15H15NO3. The van der Waals surface area contributed by atoms with Gasteiger partial charge in [-0.2, -0.15) is 0 Å². The molecule has 98 valence electrons. The lowest BCUT2D eigenvalue weighted by molar-refractivity contribution is -0.137. The number of aryl methyl sites for hydroxylation is 1. The van der Waals surface area contributed by atoms with E-state index in [-0.39, 0.29) is 12.3 Å². The minimum atomic E-state index is -0.916. The van der Waals surface area contributed by atoms with Crippen LogP contribution in [0.3, 0.4) is 0 Å². The number of benzene rings is 1. The molecule has 2 aromatic rings.